The average Bonchev–Trinajstić information content (AvgIpc) is 2.82. The first-order valence-corrected chi connectivity index (χ1v) is 10.4. The standard InChI is InChI=1S/C24H18BrN3O5/c1-32-21-9-5-19(6-10-21)27-24(29)15-33-23-11-2-16(13-22(23)25)12-18(14-26)17-3-7-20(8-4-17)28(30)31/h2-13H,15H2,1H3,(H,27,29)/b18-12-. The zero-order valence-corrected chi connectivity index (χ0v) is 19.0. The molecule has 0 atom stereocenters. The summed E-state index contributed by atoms with van der Waals surface area (Å²) in [6.07, 6.45) is 1.66. The van der Waals surface area contributed by atoms with Crippen LogP contribution in [0.15, 0.2) is 71.2 Å². The van der Waals surface area contributed by atoms with Gasteiger partial charge in [0.1, 0.15) is 11.5 Å². The number of hydrogen-bond acceptors (Lipinski definition) is 6. The van der Waals surface area contributed by atoms with Crippen LogP contribution in [-0.4, -0.2) is 24.5 Å². The van der Waals surface area contributed by atoms with E-state index in [1.807, 2.05) is 0 Å². The lowest BCUT2D eigenvalue weighted by molar-refractivity contribution is -0.384. The van der Waals surface area contributed by atoms with Gasteiger partial charge in [0.25, 0.3) is 11.6 Å². The number of nitrogens with one attached hydrogen (secondary N) is 1. The first-order valence-electron chi connectivity index (χ1n) is 9.62. The normalized spacial score (nSPS) is 10.8. The number of rotatable bonds is 8. The Morgan fingerprint density at radius 3 is 2.42 bits per heavy atom. The monoisotopic (exact) mass is 507 g/mol. The minimum absolute atomic E-state index is 0.0451. The van der Waals surface area contributed by atoms with Crippen molar-refractivity contribution in [2.75, 3.05) is 19.0 Å². The van der Waals surface area contributed by atoms with Gasteiger partial charge in [0, 0.05) is 17.8 Å². The number of nitriles is 1. The molecule has 0 saturated carbocycles. The zero-order valence-electron chi connectivity index (χ0n) is 17.4. The topological polar surface area (TPSA) is 114 Å². The maximum atomic E-state index is 12.2. The Kier molecular flexibility index (Phi) is 7.78. The molecule has 0 radical (unpaired) electrons. The third kappa shape index (κ3) is 6.41. The summed E-state index contributed by atoms with van der Waals surface area (Å²) in [5.74, 6) is 0.835. The lowest BCUT2D eigenvalue weighted by Gasteiger charge is -2.10. The Morgan fingerprint density at radius 1 is 1.15 bits per heavy atom. The molecule has 0 fully saturated rings. The highest BCUT2D eigenvalue weighted by Crippen LogP contribution is 2.28. The largest absolute Gasteiger partial charge is 0.497 e. The number of halogens is 1. The number of allylic oxidation sites excluding steroid dienone is 1. The number of ether oxygens (including phenoxy) is 2. The number of carbonyl (C=O) groups excluding carboxylic acids is 1. The molecule has 0 saturated heterocycles. The number of nitro benzene ring substituents is 1. The van der Waals surface area contributed by atoms with E-state index in [9.17, 15) is 20.2 Å². The SMILES string of the molecule is COc1ccc(NC(=O)COc2ccc(/C=C(/C#N)c3ccc([N+](=O)[O-])cc3)cc2Br)cc1. The van der Waals surface area contributed by atoms with Gasteiger partial charge in [0.15, 0.2) is 6.61 Å². The summed E-state index contributed by atoms with van der Waals surface area (Å²) in [6.45, 7) is -0.188. The zero-order chi connectivity index (χ0) is 23.8. The molecule has 9 heteroatoms. The smallest absolute Gasteiger partial charge is 0.269 e. The van der Waals surface area contributed by atoms with Gasteiger partial charge in [-0.05, 0) is 81.7 Å². The highest BCUT2D eigenvalue weighted by atomic mass is 79.9. The number of nitrogens with zero attached hydrogens (tertiary/aromatic N) is 2. The minimum atomic E-state index is -0.493. The quantitative estimate of drug-likeness (QED) is 0.187. The van der Waals surface area contributed by atoms with Crippen molar-refractivity contribution in [2.24, 2.45) is 0 Å². The van der Waals surface area contributed by atoms with E-state index in [-0.39, 0.29) is 18.2 Å². The second-order valence-electron chi connectivity index (χ2n) is 6.73. The van der Waals surface area contributed by atoms with E-state index in [1.54, 1.807) is 55.7 Å². The average molecular weight is 508 g/mol. The minimum Gasteiger partial charge on any atom is -0.497 e. The van der Waals surface area contributed by atoms with E-state index in [0.717, 1.165) is 0 Å². The second-order valence-corrected chi connectivity index (χ2v) is 7.58. The lowest BCUT2D eigenvalue weighted by Crippen LogP contribution is -2.20. The van der Waals surface area contributed by atoms with Crippen LogP contribution >= 0.6 is 15.9 Å². The van der Waals surface area contributed by atoms with Crippen molar-refractivity contribution < 1.29 is 19.2 Å². The van der Waals surface area contributed by atoms with E-state index >= 15 is 0 Å². The molecular formula is C24H18BrN3O5. The molecule has 3 aromatic carbocycles. The molecule has 0 aromatic heterocycles. The summed E-state index contributed by atoms with van der Waals surface area (Å²) >= 11 is 3.42. The molecule has 0 unspecified atom stereocenters. The Bertz CT molecular complexity index is 1230. The fourth-order valence-corrected chi connectivity index (χ4v) is 3.36. The highest BCUT2D eigenvalue weighted by Gasteiger charge is 2.09. The molecule has 0 aliphatic rings. The van der Waals surface area contributed by atoms with Crippen molar-refractivity contribution in [2.45, 2.75) is 0 Å². The van der Waals surface area contributed by atoms with Crippen LogP contribution in [0.5, 0.6) is 11.5 Å². The Balaban J connectivity index is 1.65. The number of amides is 1. The number of methoxy groups -OCH3 is 1. The van der Waals surface area contributed by atoms with Crippen LogP contribution in [0.4, 0.5) is 11.4 Å². The van der Waals surface area contributed by atoms with Gasteiger partial charge >= 0.3 is 0 Å². The van der Waals surface area contributed by atoms with Crippen LogP contribution in [-0.2, 0) is 4.79 Å². The van der Waals surface area contributed by atoms with Gasteiger partial charge in [0.05, 0.1) is 28.1 Å². The van der Waals surface area contributed by atoms with Crippen molar-refractivity contribution in [1.29, 1.82) is 5.26 Å². The summed E-state index contributed by atoms with van der Waals surface area (Å²) in [5.41, 5.74) is 2.21. The summed E-state index contributed by atoms with van der Waals surface area (Å²) < 4.78 is 11.3. The van der Waals surface area contributed by atoms with Gasteiger partial charge in [-0.2, -0.15) is 5.26 Å². The predicted molar refractivity (Wildman–Crippen MR) is 128 cm³/mol. The van der Waals surface area contributed by atoms with Crippen LogP contribution in [0.1, 0.15) is 11.1 Å². The molecule has 0 spiro atoms. The molecule has 3 rings (SSSR count). The third-order valence-electron chi connectivity index (χ3n) is 4.51. The molecule has 8 nitrogen and oxygen atoms in total. The van der Waals surface area contributed by atoms with Gasteiger partial charge in [-0.25, -0.2) is 0 Å². The van der Waals surface area contributed by atoms with Gasteiger partial charge in [-0.1, -0.05) is 6.07 Å². The van der Waals surface area contributed by atoms with Gasteiger partial charge < -0.3 is 14.8 Å². The van der Waals surface area contributed by atoms with E-state index in [0.29, 0.717) is 38.4 Å². The molecule has 1 N–H and O–H groups in total. The molecule has 3 aromatic rings. The fourth-order valence-electron chi connectivity index (χ4n) is 2.85. The molecule has 1 amide bonds. The van der Waals surface area contributed by atoms with Crippen molar-refractivity contribution in [3.63, 3.8) is 0 Å². The molecule has 0 aliphatic carbocycles. The first kappa shape index (κ1) is 23.5. The molecule has 166 valence electrons. The number of benzene rings is 3. The van der Waals surface area contributed by atoms with Gasteiger partial charge in [-0.15, -0.1) is 0 Å². The van der Waals surface area contributed by atoms with Crippen molar-refractivity contribution in [1.82, 2.24) is 0 Å². The Morgan fingerprint density at radius 2 is 1.85 bits per heavy atom. The first-order chi connectivity index (χ1) is 15.9. The number of carbonyl (C=O) groups is 1. The number of hydrogen-bond donors (Lipinski definition) is 1. The van der Waals surface area contributed by atoms with Crippen LogP contribution < -0.4 is 14.8 Å². The molecule has 0 bridgehead atoms. The fraction of sp³-hybridized carbons (Fsp3) is 0.0833. The van der Waals surface area contributed by atoms with Crippen molar-refractivity contribution in [3.8, 4) is 17.6 Å². The molecular weight excluding hydrogens is 490 g/mol. The van der Waals surface area contributed by atoms with Crippen LogP contribution in [0.25, 0.3) is 11.6 Å². The van der Waals surface area contributed by atoms with Gasteiger partial charge in [-0.3, -0.25) is 14.9 Å². The maximum Gasteiger partial charge on any atom is 0.269 e. The summed E-state index contributed by atoms with van der Waals surface area (Å²) in [4.78, 5) is 22.5. The molecule has 0 heterocycles. The van der Waals surface area contributed by atoms with E-state index in [4.69, 9.17) is 9.47 Å². The van der Waals surface area contributed by atoms with Crippen molar-refractivity contribution >= 4 is 44.9 Å². The van der Waals surface area contributed by atoms with E-state index in [2.05, 4.69) is 27.3 Å². The maximum absolute atomic E-state index is 12.2. The summed E-state index contributed by atoms with van der Waals surface area (Å²) in [7, 11) is 1.57. The van der Waals surface area contributed by atoms with Crippen LogP contribution in [0, 0.1) is 21.4 Å². The van der Waals surface area contributed by atoms with Gasteiger partial charge in [0.2, 0.25) is 0 Å². The third-order valence-corrected chi connectivity index (χ3v) is 5.13. The summed E-state index contributed by atoms with van der Waals surface area (Å²) in [6, 6.07) is 20.0. The Hall–Kier alpha value is -4.16. The number of nitro groups is 1. The molecule has 33 heavy (non-hydrogen) atoms. The highest BCUT2D eigenvalue weighted by molar-refractivity contribution is 9.10. The van der Waals surface area contributed by atoms with Crippen LogP contribution in [0.3, 0.4) is 0 Å². The second kappa shape index (κ2) is 10.9. The lowest BCUT2D eigenvalue weighted by atomic mass is 10.0. The number of non-ortho nitro benzene ring substituents is 1. The summed E-state index contributed by atoms with van der Waals surface area (Å²) in [5, 5.41) is 23.0. The Labute approximate surface area is 198 Å². The van der Waals surface area contributed by atoms with E-state index < -0.39 is 4.92 Å². The predicted octanol–water partition coefficient (Wildman–Crippen LogP) is 5.45. The van der Waals surface area contributed by atoms with Crippen LogP contribution in [0.2, 0.25) is 0 Å². The number of anilines is 1. The molecule has 0 aliphatic heterocycles. The van der Waals surface area contributed by atoms with E-state index in [1.165, 1.54) is 24.3 Å². The van der Waals surface area contributed by atoms with Crippen molar-refractivity contribution in [3.05, 3.63) is 92.4 Å².